The summed E-state index contributed by atoms with van der Waals surface area (Å²) >= 11 is 0. The molecule has 0 aliphatic carbocycles. The van der Waals surface area contributed by atoms with E-state index in [1.807, 2.05) is 49.4 Å². The molecule has 1 heterocycles. The molecular weight excluding hydrogens is 384 g/mol. The van der Waals surface area contributed by atoms with Gasteiger partial charge in [0.05, 0.1) is 39.0 Å². The van der Waals surface area contributed by atoms with Gasteiger partial charge >= 0.3 is 0 Å². The first-order chi connectivity index (χ1) is 14.5. The fourth-order valence-corrected chi connectivity index (χ4v) is 3.36. The normalized spacial score (nSPS) is 12.2. The monoisotopic (exact) mass is 412 g/mol. The Morgan fingerprint density at radius 3 is 2.37 bits per heavy atom. The van der Waals surface area contributed by atoms with Crippen LogP contribution in [0.15, 0.2) is 47.3 Å². The predicted octanol–water partition coefficient (Wildman–Crippen LogP) is 1.82. The molecule has 1 aromatic heterocycles. The molecule has 1 atom stereocenters. The van der Waals surface area contributed by atoms with Crippen molar-refractivity contribution in [3.05, 3.63) is 69.5 Å². The van der Waals surface area contributed by atoms with Crippen LogP contribution in [0.4, 0.5) is 0 Å². The standard InChI is InChI=1S/C23H28N2O5/c1-15-4-6-16(7-5-15)13-25-20-10-22(30-3)21(29-2)9-17(20)8-18(23(25)28)11-24-12-19(27)14-26/h4-10,19,24,26-27H,11-14H2,1-3H3. The fourth-order valence-electron chi connectivity index (χ4n) is 3.36. The van der Waals surface area contributed by atoms with Gasteiger partial charge in [0.25, 0.3) is 5.56 Å². The number of nitrogens with zero attached hydrogens (tertiary/aromatic N) is 1. The number of aliphatic hydroxyl groups is 2. The number of methoxy groups -OCH3 is 2. The van der Waals surface area contributed by atoms with Crippen molar-refractivity contribution in [1.29, 1.82) is 0 Å². The molecule has 7 heteroatoms. The molecule has 7 nitrogen and oxygen atoms in total. The number of hydrogen-bond acceptors (Lipinski definition) is 6. The summed E-state index contributed by atoms with van der Waals surface area (Å²) in [7, 11) is 3.14. The first-order valence-electron chi connectivity index (χ1n) is 9.80. The summed E-state index contributed by atoms with van der Waals surface area (Å²) in [6.07, 6.45) is -0.871. The summed E-state index contributed by atoms with van der Waals surface area (Å²) in [5, 5.41) is 22.4. The number of ether oxygens (including phenoxy) is 2. The number of fused-ring (bicyclic) bond motifs is 1. The van der Waals surface area contributed by atoms with Crippen molar-refractivity contribution in [2.75, 3.05) is 27.4 Å². The largest absolute Gasteiger partial charge is 0.493 e. The van der Waals surface area contributed by atoms with E-state index >= 15 is 0 Å². The van der Waals surface area contributed by atoms with Crippen LogP contribution in [0.25, 0.3) is 10.9 Å². The van der Waals surface area contributed by atoms with Crippen molar-refractivity contribution < 1.29 is 19.7 Å². The van der Waals surface area contributed by atoms with Gasteiger partial charge in [-0.3, -0.25) is 4.79 Å². The molecule has 0 bridgehead atoms. The third-order valence-corrected chi connectivity index (χ3v) is 5.04. The summed E-state index contributed by atoms with van der Waals surface area (Å²) in [6.45, 7) is 2.57. The Morgan fingerprint density at radius 1 is 1.07 bits per heavy atom. The molecule has 0 aliphatic rings. The van der Waals surface area contributed by atoms with Crippen LogP contribution in [0, 0.1) is 6.92 Å². The van der Waals surface area contributed by atoms with E-state index in [2.05, 4.69) is 5.32 Å². The van der Waals surface area contributed by atoms with Gasteiger partial charge in [-0.15, -0.1) is 0 Å². The molecule has 0 spiro atoms. The van der Waals surface area contributed by atoms with Crippen molar-refractivity contribution in [1.82, 2.24) is 9.88 Å². The molecule has 0 saturated heterocycles. The average Bonchev–Trinajstić information content (AvgIpc) is 2.76. The highest BCUT2D eigenvalue weighted by Crippen LogP contribution is 2.32. The maximum absolute atomic E-state index is 13.3. The number of aryl methyl sites for hydroxylation is 1. The quantitative estimate of drug-likeness (QED) is 0.497. The minimum atomic E-state index is -0.871. The smallest absolute Gasteiger partial charge is 0.255 e. The maximum atomic E-state index is 13.3. The summed E-state index contributed by atoms with van der Waals surface area (Å²) in [6, 6.07) is 13.6. The summed E-state index contributed by atoms with van der Waals surface area (Å²) in [5.41, 5.74) is 3.35. The van der Waals surface area contributed by atoms with E-state index in [1.165, 1.54) is 0 Å². The molecule has 0 saturated carbocycles. The first-order valence-corrected chi connectivity index (χ1v) is 9.80. The number of hydrogen-bond donors (Lipinski definition) is 3. The summed E-state index contributed by atoms with van der Waals surface area (Å²) in [4.78, 5) is 13.3. The lowest BCUT2D eigenvalue weighted by atomic mass is 10.1. The number of aliphatic hydroxyl groups excluding tert-OH is 2. The van der Waals surface area contributed by atoms with Gasteiger partial charge in [0, 0.05) is 30.1 Å². The van der Waals surface area contributed by atoms with Crippen LogP contribution in [-0.2, 0) is 13.1 Å². The first kappa shape index (κ1) is 21.8. The van der Waals surface area contributed by atoms with Crippen LogP contribution in [0.2, 0.25) is 0 Å². The summed E-state index contributed by atoms with van der Waals surface area (Å²) in [5.74, 6) is 1.14. The highest BCUT2D eigenvalue weighted by molar-refractivity contribution is 5.84. The Labute approximate surface area is 175 Å². The van der Waals surface area contributed by atoms with Crippen molar-refractivity contribution in [2.24, 2.45) is 0 Å². The van der Waals surface area contributed by atoms with Crippen LogP contribution in [0.3, 0.4) is 0 Å². The molecular formula is C23H28N2O5. The minimum Gasteiger partial charge on any atom is -0.493 e. The second-order valence-electron chi connectivity index (χ2n) is 7.28. The van der Waals surface area contributed by atoms with E-state index in [0.29, 0.717) is 23.6 Å². The lowest BCUT2D eigenvalue weighted by Gasteiger charge is -2.17. The SMILES string of the molecule is COc1cc2cc(CNCC(O)CO)c(=O)n(Cc3ccc(C)cc3)c2cc1OC. The number of pyridine rings is 1. The molecule has 160 valence electrons. The summed E-state index contributed by atoms with van der Waals surface area (Å²) < 4.78 is 12.6. The topological polar surface area (TPSA) is 93.0 Å². The van der Waals surface area contributed by atoms with E-state index in [1.54, 1.807) is 18.8 Å². The van der Waals surface area contributed by atoms with Crippen molar-refractivity contribution in [3.8, 4) is 11.5 Å². The number of nitrogens with one attached hydrogen (secondary N) is 1. The number of aromatic nitrogens is 1. The highest BCUT2D eigenvalue weighted by atomic mass is 16.5. The lowest BCUT2D eigenvalue weighted by molar-refractivity contribution is 0.0942. The Hall–Kier alpha value is -2.87. The van der Waals surface area contributed by atoms with Gasteiger partial charge in [0.1, 0.15) is 0 Å². The Bertz CT molecular complexity index is 1060. The maximum Gasteiger partial charge on any atom is 0.255 e. The third kappa shape index (κ3) is 4.81. The Kier molecular flexibility index (Phi) is 7.10. The van der Waals surface area contributed by atoms with Gasteiger partial charge in [0.2, 0.25) is 0 Å². The van der Waals surface area contributed by atoms with Gasteiger partial charge in [-0.1, -0.05) is 29.8 Å². The Balaban J connectivity index is 2.09. The zero-order chi connectivity index (χ0) is 21.7. The van der Waals surface area contributed by atoms with Gasteiger partial charge in [-0.05, 0) is 24.6 Å². The van der Waals surface area contributed by atoms with E-state index in [4.69, 9.17) is 14.6 Å². The lowest BCUT2D eigenvalue weighted by Crippen LogP contribution is -2.32. The van der Waals surface area contributed by atoms with Crippen LogP contribution >= 0.6 is 0 Å². The second-order valence-corrected chi connectivity index (χ2v) is 7.28. The molecule has 30 heavy (non-hydrogen) atoms. The Morgan fingerprint density at radius 2 is 1.73 bits per heavy atom. The molecule has 0 radical (unpaired) electrons. The van der Waals surface area contributed by atoms with Gasteiger partial charge in [-0.25, -0.2) is 0 Å². The van der Waals surface area contributed by atoms with Crippen molar-refractivity contribution in [2.45, 2.75) is 26.1 Å². The third-order valence-electron chi connectivity index (χ3n) is 5.04. The molecule has 3 aromatic rings. The molecule has 0 aliphatic heterocycles. The van der Waals surface area contributed by atoms with Crippen molar-refractivity contribution in [3.63, 3.8) is 0 Å². The number of rotatable bonds is 9. The van der Waals surface area contributed by atoms with Crippen LogP contribution in [-0.4, -0.2) is 48.3 Å². The molecule has 0 amide bonds. The minimum absolute atomic E-state index is 0.124. The van der Waals surface area contributed by atoms with E-state index in [-0.39, 0.29) is 25.3 Å². The molecule has 3 N–H and O–H groups in total. The second kappa shape index (κ2) is 9.75. The van der Waals surface area contributed by atoms with Crippen LogP contribution in [0.5, 0.6) is 11.5 Å². The van der Waals surface area contributed by atoms with Gasteiger partial charge in [-0.2, -0.15) is 0 Å². The molecule has 2 aromatic carbocycles. The fraction of sp³-hybridized carbons (Fsp3) is 0.348. The van der Waals surface area contributed by atoms with E-state index < -0.39 is 6.10 Å². The van der Waals surface area contributed by atoms with Gasteiger partial charge < -0.3 is 29.6 Å². The predicted molar refractivity (Wildman–Crippen MR) is 116 cm³/mol. The molecule has 3 rings (SSSR count). The van der Waals surface area contributed by atoms with Crippen LogP contribution in [0.1, 0.15) is 16.7 Å². The average molecular weight is 412 g/mol. The molecule has 1 unspecified atom stereocenters. The van der Waals surface area contributed by atoms with E-state index in [9.17, 15) is 9.90 Å². The van der Waals surface area contributed by atoms with Crippen molar-refractivity contribution >= 4 is 10.9 Å². The highest BCUT2D eigenvalue weighted by Gasteiger charge is 2.14. The van der Waals surface area contributed by atoms with Crippen LogP contribution < -0.4 is 20.3 Å². The van der Waals surface area contributed by atoms with Gasteiger partial charge in [0.15, 0.2) is 11.5 Å². The molecule has 0 fully saturated rings. The zero-order valence-electron chi connectivity index (χ0n) is 17.5. The zero-order valence-corrected chi connectivity index (χ0v) is 17.5. The number of benzene rings is 2. The van der Waals surface area contributed by atoms with E-state index in [0.717, 1.165) is 22.0 Å².